The zero-order chi connectivity index (χ0) is 11.7. The van der Waals surface area contributed by atoms with Crippen LogP contribution >= 0.6 is 27.3 Å². The lowest BCUT2D eigenvalue weighted by Crippen LogP contribution is -2.75. The van der Waals surface area contributed by atoms with Crippen molar-refractivity contribution in [3.05, 3.63) is 27.7 Å². The molecular weight excluding hydrogens is 296 g/mol. The average Bonchev–Trinajstić information content (AvgIpc) is 2.57. The fourth-order valence-electron chi connectivity index (χ4n) is 3.41. The van der Waals surface area contributed by atoms with Gasteiger partial charge in [0.15, 0.2) is 0 Å². The van der Waals surface area contributed by atoms with Crippen molar-refractivity contribution in [3.63, 3.8) is 0 Å². The summed E-state index contributed by atoms with van der Waals surface area (Å²) in [4.78, 5) is 4.83. The van der Waals surface area contributed by atoms with E-state index in [0.717, 1.165) is 9.99 Å². The molecule has 2 bridgehead atoms. The Morgan fingerprint density at radius 1 is 1.35 bits per heavy atom. The Morgan fingerprint density at radius 3 is 2.82 bits per heavy atom. The molecule has 1 heterocycles. The third kappa shape index (κ3) is 1.26. The van der Waals surface area contributed by atoms with Gasteiger partial charge >= 0.3 is 0 Å². The molecule has 0 amide bonds. The van der Waals surface area contributed by atoms with Crippen LogP contribution < -0.4 is 5.32 Å². The number of rotatable bonds is 2. The number of nitrogens with zero attached hydrogens (tertiary/aromatic N) is 1. The molecular formula is C13H13BrN2S. The Morgan fingerprint density at radius 2 is 2.12 bits per heavy atom. The highest BCUT2D eigenvalue weighted by Crippen LogP contribution is 2.68. The van der Waals surface area contributed by atoms with Crippen molar-refractivity contribution in [2.24, 2.45) is 0 Å². The molecule has 88 valence electrons. The third-order valence-corrected chi connectivity index (χ3v) is 6.14. The summed E-state index contributed by atoms with van der Waals surface area (Å²) in [6.07, 6.45) is 3.83. The van der Waals surface area contributed by atoms with Crippen molar-refractivity contribution in [2.45, 2.75) is 30.2 Å². The van der Waals surface area contributed by atoms with Crippen LogP contribution in [0.5, 0.6) is 0 Å². The lowest BCUT2D eigenvalue weighted by atomic mass is 9.39. The van der Waals surface area contributed by atoms with E-state index in [1.807, 2.05) is 11.3 Å². The first-order valence-corrected chi connectivity index (χ1v) is 7.51. The van der Waals surface area contributed by atoms with Gasteiger partial charge < -0.3 is 5.32 Å². The SMILES string of the molecule is CNC12CC(c3nc4cc(Br)ccc4s3)(C1)C2. The molecule has 0 spiro atoms. The number of fused-ring (bicyclic) bond motifs is 1. The van der Waals surface area contributed by atoms with Crippen LogP contribution in [-0.4, -0.2) is 17.6 Å². The van der Waals surface area contributed by atoms with Crippen molar-refractivity contribution in [3.8, 4) is 0 Å². The van der Waals surface area contributed by atoms with E-state index >= 15 is 0 Å². The minimum Gasteiger partial charge on any atom is -0.314 e. The van der Waals surface area contributed by atoms with Gasteiger partial charge in [0.05, 0.1) is 10.2 Å². The van der Waals surface area contributed by atoms with Crippen LogP contribution in [0.15, 0.2) is 22.7 Å². The molecule has 1 aromatic carbocycles. The number of benzene rings is 1. The fourth-order valence-corrected chi connectivity index (χ4v) is 4.89. The first kappa shape index (κ1) is 10.5. The monoisotopic (exact) mass is 308 g/mol. The predicted molar refractivity (Wildman–Crippen MR) is 74.6 cm³/mol. The second kappa shape index (κ2) is 3.11. The molecule has 0 unspecified atom stereocenters. The maximum atomic E-state index is 4.83. The molecule has 0 atom stereocenters. The van der Waals surface area contributed by atoms with Gasteiger partial charge in [0, 0.05) is 15.4 Å². The summed E-state index contributed by atoms with van der Waals surface area (Å²) in [6.45, 7) is 0. The summed E-state index contributed by atoms with van der Waals surface area (Å²) in [5, 5.41) is 4.80. The van der Waals surface area contributed by atoms with Crippen molar-refractivity contribution < 1.29 is 0 Å². The second-order valence-corrected chi connectivity index (χ2v) is 7.42. The summed E-state index contributed by atoms with van der Waals surface area (Å²) in [7, 11) is 2.08. The van der Waals surface area contributed by atoms with Gasteiger partial charge in [-0.05, 0) is 44.5 Å². The van der Waals surface area contributed by atoms with Crippen LogP contribution in [0.4, 0.5) is 0 Å². The van der Waals surface area contributed by atoms with Gasteiger partial charge in [-0.25, -0.2) is 4.98 Å². The number of aromatic nitrogens is 1. The van der Waals surface area contributed by atoms with E-state index in [1.165, 1.54) is 29.0 Å². The molecule has 17 heavy (non-hydrogen) atoms. The van der Waals surface area contributed by atoms with Gasteiger partial charge in [-0.15, -0.1) is 11.3 Å². The smallest absolute Gasteiger partial charge is 0.100 e. The van der Waals surface area contributed by atoms with Crippen LogP contribution in [0.25, 0.3) is 10.2 Å². The molecule has 1 N–H and O–H groups in total. The average molecular weight is 309 g/mol. The number of nitrogens with one attached hydrogen (secondary N) is 1. The number of hydrogen-bond acceptors (Lipinski definition) is 3. The molecule has 3 fully saturated rings. The molecule has 2 aromatic rings. The molecule has 3 aliphatic rings. The summed E-state index contributed by atoms with van der Waals surface area (Å²) in [5.74, 6) is 0. The Bertz CT molecular complexity index is 599. The maximum Gasteiger partial charge on any atom is 0.100 e. The van der Waals surface area contributed by atoms with E-state index in [9.17, 15) is 0 Å². The largest absolute Gasteiger partial charge is 0.314 e. The first-order valence-electron chi connectivity index (χ1n) is 5.90. The quantitative estimate of drug-likeness (QED) is 0.919. The van der Waals surface area contributed by atoms with Gasteiger partial charge in [-0.2, -0.15) is 0 Å². The van der Waals surface area contributed by atoms with E-state index in [4.69, 9.17) is 4.98 Å². The number of halogens is 1. The summed E-state index contributed by atoms with van der Waals surface area (Å²) < 4.78 is 2.43. The zero-order valence-corrected chi connectivity index (χ0v) is 12.0. The second-order valence-electron chi connectivity index (χ2n) is 5.47. The van der Waals surface area contributed by atoms with E-state index < -0.39 is 0 Å². The van der Waals surface area contributed by atoms with E-state index in [0.29, 0.717) is 11.0 Å². The Hall–Kier alpha value is -0.450. The molecule has 0 saturated heterocycles. The van der Waals surface area contributed by atoms with E-state index in [1.54, 1.807) is 0 Å². The predicted octanol–water partition coefficient (Wildman–Crippen LogP) is 3.45. The van der Waals surface area contributed by atoms with Crippen LogP contribution in [0, 0.1) is 0 Å². The summed E-state index contributed by atoms with van der Waals surface area (Å²) >= 11 is 5.38. The fraction of sp³-hybridized carbons (Fsp3) is 0.462. The van der Waals surface area contributed by atoms with Gasteiger partial charge in [0.25, 0.3) is 0 Å². The van der Waals surface area contributed by atoms with Crippen molar-refractivity contribution in [1.82, 2.24) is 10.3 Å². The van der Waals surface area contributed by atoms with E-state index in [2.05, 4.69) is 46.5 Å². The number of hydrogen-bond donors (Lipinski definition) is 1. The maximum absolute atomic E-state index is 4.83. The van der Waals surface area contributed by atoms with Crippen LogP contribution in [0.2, 0.25) is 0 Å². The lowest BCUT2D eigenvalue weighted by molar-refractivity contribution is -0.0830. The van der Waals surface area contributed by atoms with Gasteiger partial charge in [0.2, 0.25) is 0 Å². The van der Waals surface area contributed by atoms with Gasteiger partial charge in [-0.3, -0.25) is 0 Å². The minimum atomic E-state index is 0.416. The molecule has 1 aromatic heterocycles. The lowest BCUT2D eigenvalue weighted by Gasteiger charge is -2.69. The Balaban J connectivity index is 1.74. The third-order valence-electron chi connectivity index (χ3n) is 4.36. The standard InChI is InChI=1S/C13H13BrN2S/c1-15-13-5-12(6-13,7-13)11-16-9-4-8(14)2-3-10(9)17-11/h2-4,15H,5-7H2,1H3. The van der Waals surface area contributed by atoms with Gasteiger partial charge in [-0.1, -0.05) is 15.9 Å². The highest BCUT2D eigenvalue weighted by atomic mass is 79.9. The van der Waals surface area contributed by atoms with E-state index in [-0.39, 0.29) is 0 Å². The van der Waals surface area contributed by atoms with Crippen LogP contribution in [0.1, 0.15) is 24.3 Å². The molecule has 4 heteroatoms. The Labute approximate surface area is 113 Å². The summed E-state index contributed by atoms with van der Waals surface area (Å²) in [6, 6.07) is 6.38. The first-order chi connectivity index (χ1) is 8.15. The number of thiazole rings is 1. The molecule has 2 nitrogen and oxygen atoms in total. The molecule has 0 radical (unpaired) electrons. The minimum absolute atomic E-state index is 0.416. The normalized spacial score (nSPS) is 34.5. The van der Waals surface area contributed by atoms with Crippen molar-refractivity contribution >= 4 is 37.5 Å². The highest BCUT2D eigenvalue weighted by molar-refractivity contribution is 9.10. The molecule has 3 saturated carbocycles. The molecule has 5 rings (SSSR count). The zero-order valence-electron chi connectivity index (χ0n) is 9.59. The van der Waals surface area contributed by atoms with Gasteiger partial charge in [0.1, 0.15) is 5.01 Å². The van der Waals surface area contributed by atoms with Crippen molar-refractivity contribution in [1.29, 1.82) is 0 Å². The Kier molecular flexibility index (Phi) is 1.91. The van der Waals surface area contributed by atoms with Crippen LogP contribution in [-0.2, 0) is 5.41 Å². The highest BCUT2D eigenvalue weighted by Gasteiger charge is 2.69. The summed E-state index contributed by atoms with van der Waals surface area (Å²) in [5.41, 5.74) is 2.01. The van der Waals surface area contributed by atoms with Crippen molar-refractivity contribution in [2.75, 3.05) is 7.05 Å². The van der Waals surface area contributed by atoms with Crippen LogP contribution in [0.3, 0.4) is 0 Å². The topological polar surface area (TPSA) is 24.9 Å². The molecule has 3 aliphatic carbocycles. The molecule has 0 aliphatic heterocycles.